The summed E-state index contributed by atoms with van der Waals surface area (Å²) < 4.78 is 66.0. The Morgan fingerprint density at radius 1 is 0.889 bits per heavy atom. The van der Waals surface area contributed by atoms with E-state index in [1.165, 1.54) is 28.6 Å². The van der Waals surface area contributed by atoms with Crippen LogP contribution < -0.4 is 14.8 Å². The number of amides is 1. The number of hydrogen-bond donors (Lipinski definition) is 1. The van der Waals surface area contributed by atoms with Gasteiger partial charge >= 0.3 is 0 Å². The standard InChI is InChI=1S/C25H23F2N3O5S/c26-19-4-2-18(3-5-19)25(31)28-22-7-6-20(14-21(22)27)36(32,33)30-11-9-29(10-12-30)15-17-1-8-23-24(13-17)35-16-34-23/h1-8,13-14H,9-12,15-16H2,(H,28,31). The van der Waals surface area contributed by atoms with Gasteiger partial charge in [-0.05, 0) is 60.2 Å². The van der Waals surface area contributed by atoms with Crippen LogP contribution in [-0.2, 0) is 16.6 Å². The zero-order valence-electron chi connectivity index (χ0n) is 19.1. The van der Waals surface area contributed by atoms with Crippen molar-refractivity contribution in [3.63, 3.8) is 0 Å². The number of carbonyl (C=O) groups excluding carboxylic acids is 1. The van der Waals surface area contributed by atoms with Crippen LogP contribution in [0.4, 0.5) is 14.5 Å². The van der Waals surface area contributed by atoms with E-state index >= 15 is 0 Å². The van der Waals surface area contributed by atoms with Gasteiger partial charge < -0.3 is 14.8 Å². The van der Waals surface area contributed by atoms with Crippen LogP contribution in [0.15, 0.2) is 65.6 Å². The molecule has 2 heterocycles. The lowest BCUT2D eigenvalue weighted by molar-refractivity contribution is 0.102. The topological polar surface area (TPSA) is 88.2 Å². The normalized spacial score (nSPS) is 16.2. The van der Waals surface area contributed by atoms with E-state index in [0.717, 1.165) is 23.8 Å². The van der Waals surface area contributed by atoms with Crippen LogP contribution in [0.3, 0.4) is 0 Å². The fraction of sp³-hybridized carbons (Fsp3) is 0.240. The van der Waals surface area contributed by atoms with E-state index in [2.05, 4.69) is 10.2 Å². The second kappa shape index (κ2) is 9.84. The average molecular weight is 516 g/mol. The number of ether oxygens (including phenoxy) is 2. The summed E-state index contributed by atoms with van der Waals surface area (Å²) in [6.07, 6.45) is 0. The van der Waals surface area contributed by atoms with Crippen LogP contribution in [0, 0.1) is 11.6 Å². The molecule has 8 nitrogen and oxygen atoms in total. The van der Waals surface area contributed by atoms with Crippen LogP contribution in [0.25, 0.3) is 0 Å². The van der Waals surface area contributed by atoms with Crippen molar-refractivity contribution in [3.8, 4) is 11.5 Å². The second-order valence-electron chi connectivity index (χ2n) is 8.47. The molecule has 0 saturated carbocycles. The summed E-state index contributed by atoms with van der Waals surface area (Å²) in [7, 11) is -3.92. The number of carbonyl (C=O) groups is 1. The van der Waals surface area contributed by atoms with E-state index in [4.69, 9.17) is 9.47 Å². The molecule has 3 aromatic carbocycles. The van der Waals surface area contributed by atoms with E-state index in [0.29, 0.717) is 31.1 Å². The van der Waals surface area contributed by atoms with Gasteiger partial charge in [0.2, 0.25) is 16.8 Å². The highest BCUT2D eigenvalue weighted by atomic mass is 32.2. The Morgan fingerprint density at radius 3 is 2.33 bits per heavy atom. The molecule has 2 aliphatic rings. The first kappa shape index (κ1) is 24.2. The minimum absolute atomic E-state index is 0.145. The van der Waals surface area contributed by atoms with Gasteiger partial charge in [0.25, 0.3) is 5.91 Å². The van der Waals surface area contributed by atoms with Gasteiger partial charge in [0.1, 0.15) is 11.6 Å². The molecule has 2 aliphatic heterocycles. The maximum absolute atomic E-state index is 14.7. The second-order valence-corrected chi connectivity index (χ2v) is 10.4. The van der Waals surface area contributed by atoms with Gasteiger partial charge in [0.15, 0.2) is 11.5 Å². The summed E-state index contributed by atoms with van der Waals surface area (Å²) in [5.41, 5.74) is 1.01. The Bertz CT molecular complexity index is 1390. The predicted molar refractivity (Wildman–Crippen MR) is 127 cm³/mol. The first-order chi connectivity index (χ1) is 17.3. The third kappa shape index (κ3) is 5.03. The van der Waals surface area contributed by atoms with Crippen molar-refractivity contribution in [2.45, 2.75) is 11.4 Å². The summed E-state index contributed by atoms with van der Waals surface area (Å²) >= 11 is 0. The number of hydrogen-bond acceptors (Lipinski definition) is 6. The van der Waals surface area contributed by atoms with Crippen LogP contribution in [0.5, 0.6) is 11.5 Å². The summed E-state index contributed by atoms with van der Waals surface area (Å²) in [4.78, 5) is 14.2. The van der Waals surface area contributed by atoms with E-state index < -0.39 is 27.6 Å². The maximum Gasteiger partial charge on any atom is 0.255 e. The largest absolute Gasteiger partial charge is 0.454 e. The molecule has 0 atom stereocenters. The molecule has 5 rings (SSSR count). The van der Waals surface area contributed by atoms with Crippen molar-refractivity contribution in [1.29, 1.82) is 0 Å². The molecule has 36 heavy (non-hydrogen) atoms. The van der Waals surface area contributed by atoms with Crippen molar-refractivity contribution < 1.29 is 31.5 Å². The quantitative estimate of drug-likeness (QED) is 0.541. The summed E-state index contributed by atoms with van der Waals surface area (Å²) in [6, 6.07) is 13.9. The fourth-order valence-electron chi connectivity index (χ4n) is 4.13. The van der Waals surface area contributed by atoms with Crippen molar-refractivity contribution >= 4 is 21.6 Å². The van der Waals surface area contributed by atoms with Crippen molar-refractivity contribution in [2.24, 2.45) is 0 Å². The molecule has 1 N–H and O–H groups in total. The van der Waals surface area contributed by atoms with Crippen molar-refractivity contribution in [2.75, 3.05) is 38.3 Å². The molecule has 0 aliphatic carbocycles. The molecule has 188 valence electrons. The zero-order chi connectivity index (χ0) is 25.3. The number of halogens is 2. The monoisotopic (exact) mass is 515 g/mol. The Hall–Kier alpha value is -3.54. The first-order valence-electron chi connectivity index (χ1n) is 11.3. The minimum atomic E-state index is -3.92. The average Bonchev–Trinajstić information content (AvgIpc) is 3.34. The summed E-state index contributed by atoms with van der Waals surface area (Å²) in [6.45, 7) is 2.40. The molecule has 1 saturated heterocycles. The van der Waals surface area contributed by atoms with Crippen molar-refractivity contribution in [3.05, 3.63) is 83.4 Å². The summed E-state index contributed by atoms with van der Waals surface area (Å²) in [5, 5.41) is 2.38. The van der Waals surface area contributed by atoms with Crippen LogP contribution in [0.1, 0.15) is 15.9 Å². The number of benzene rings is 3. The molecule has 1 amide bonds. The predicted octanol–water partition coefficient (Wildman–Crippen LogP) is 3.45. The number of piperazine rings is 1. The Morgan fingerprint density at radius 2 is 1.61 bits per heavy atom. The molecule has 0 spiro atoms. The highest BCUT2D eigenvalue weighted by Crippen LogP contribution is 2.33. The van der Waals surface area contributed by atoms with Crippen LogP contribution in [0.2, 0.25) is 0 Å². The number of anilines is 1. The van der Waals surface area contributed by atoms with E-state index in [1.54, 1.807) is 0 Å². The molecule has 0 aromatic heterocycles. The van der Waals surface area contributed by atoms with Gasteiger partial charge in [0.05, 0.1) is 10.6 Å². The van der Waals surface area contributed by atoms with Crippen LogP contribution >= 0.6 is 0 Å². The molecular weight excluding hydrogens is 492 g/mol. The smallest absolute Gasteiger partial charge is 0.255 e. The lowest BCUT2D eigenvalue weighted by Crippen LogP contribution is -2.48. The number of nitrogens with one attached hydrogen (secondary N) is 1. The van der Waals surface area contributed by atoms with E-state index in [1.807, 2.05) is 18.2 Å². The van der Waals surface area contributed by atoms with Gasteiger partial charge in [-0.2, -0.15) is 4.31 Å². The number of nitrogens with zero attached hydrogens (tertiary/aromatic N) is 2. The highest BCUT2D eigenvalue weighted by Gasteiger charge is 2.29. The molecule has 11 heteroatoms. The number of sulfonamides is 1. The number of fused-ring (bicyclic) bond motifs is 1. The van der Waals surface area contributed by atoms with Gasteiger partial charge in [0, 0.05) is 38.3 Å². The lowest BCUT2D eigenvalue weighted by atomic mass is 10.2. The van der Waals surface area contributed by atoms with E-state index in [-0.39, 0.29) is 36.0 Å². The molecule has 0 bridgehead atoms. The van der Waals surface area contributed by atoms with Gasteiger partial charge in [-0.3, -0.25) is 9.69 Å². The Balaban J connectivity index is 1.21. The third-order valence-electron chi connectivity index (χ3n) is 6.11. The van der Waals surface area contributed by atoms with Crippen molar-refractivity contribution in [1.82, 2.24) is 9.21 Å². The summed E-state index contributed by atoms with van der Waals surface area (Å²) in [5.74, 6) is -0.604. The molecule has 3 aromatic rings. The third-order valence-corrected chi connectivity index (χ3v) is 8.00. The maximum atomic E-state index is 14.7. The Kier molecular flexibility index (Phi) is 6.61. The molecular formula is C25H23F2N3O5S. The SMILES string of the molecule is O=C(Nc1ccc(S(=O)(=O)N2CCN(Cc3ccc4c(c3)OCO4)CC2)cc1F)c1ccc(F)cc1. The van der Waals surface area contributed by atoms with Gasteiger partial charge in [-0.15, -0.1) is 0 Å². The highest BCUT2D eigenvalue weighted by molar-refractivity contribution is 7.89. The lowest BCUT2D eigenvalue weighted by Gasteiger charge is -2.34. The fourth-order valence-corrected chi connectivity index (χ4v) is 5.56. The molecule has 0 unspecified atom stereocenters. The zero-order valence-corrected chi connectivity index (χ0v) is 19.9. The van der Waals surface area contributed by atoms with Crippen LogP contribution in [-0.4, -0.2) is 56.5 Å². The number of rotatable bonds is 6. The first-order valence-corrected chi connectivity index (χ1v) is 12.7. The minimum Gasteiger partial charge on any atom is -0.454 e. The molecule has 0 radical (unpaired) electrons. The van der Waals surface area contributed by atoms with Gasteiger partial charge in [-0.25, -0.2) is 17.2 Å². The van der Waals surface area contributed by atoms with Gasteiger partial charge in [-0.1, -0.05) is 6.07 Å². The Labute approximate surface area is 207 Å². The molecule has 1 fully saturated rings. The van der Waals surface area contributed by atoms with E-state index in [9.17, 15) is 22.0 Å².